The van der Waals surface area contributed by atoms with E-state index < -0.39 is 0 Å². The van der Waals surface area contributed by atoms with E-state index in [2.05, 4.69) is 16.2 Å². The number of hydrogen-bond acceptors (Lipinski definition) is 4. The van der Waals surface area contributed by atoms with Crippen molar-refractivity contribution in [2.75, 3.05) is 0 Å². The van der Waals surface area contributed by atoms with Gasteiger partial charge in [-0.3, -0.25) is 9.89 Å². The molecule has 0 atom stereocenters. The van der Waals surface area contributed by atoms with Crippen LogP contribution >= 0.6 is 0 Å². The maximum atomic E-state index is 12.8. The lowest BCUT2D eigenvalue weighted by atomic mass is 10.0. The zero-order valence-corrected chi connectivity index (χ0v) is 13.0. The quantitative estimate of drug-likeness (QED) is 0.805. The highest BCUT2D eigenvalue weighted by Crippen LogP contribution is 2.42. The van der Waals surface area contributed by atoms with Crippen molar-refractivity contribution < 1.29 is 4.42 Å². The van der Waals surface area contributed by atoms with Crippen molar-refractivity contribution in [3.63, 3.8) is 0 Å². The summed E-state index contributed by atoms with van der Waals surface area (Å²) >= 11 is 0. The molecule has 1 fully saturated rings. The molecule has 0 radical (unpaired) electrons. The first kappa shape index (κ1) is 13.8. The van der Waals surface area contributed by atoms with Gasteiger partial charge in [-0.15, -0.1) is 0 Å². The van der Waals surface area contributed by atoms with Gasteiger partial charge < -0.3 is 4.42 Å². The van der Waals surface area contributed by atoms with Gasteiger partial charge >= 0.3 is 0 Å². The number of rotatable bonds is 3. The number of aromatic nitrogens is 3. The maximum absolute atomic E-state index is 12.8. The third-order valence-corrected chi connectivity index (χ3v) is 4.30. The molecule has 1 aliphatic rings. The van der Waals surface area contributed by atoms with Crippen molar-refractivity contribution in [3.05, 3.63) is 45.6 Å². The van der Waals surface area contributed by atoms with Crippen LogP contribution in [0.5, 0.6) is 0 Å². The second-order valence-corrected chi connectivity index (χ2v) is 6.31. The normalized spacial score (nSPS) is 14.5. The number of nitriles is 1. The average molecular weight is 308 g/mol. The highest BCUT2D eigenvalue weighted by molar-refractivity contribution is 5.65. The van der Waals surface area contributed by atoms with Gasteiger partial charge in [-0.2, -0.15) is 5.26 Å². The molecule has 1 saturated carbocycles. The minimum atomic E-state index is -0.189. The van der Waals surface area contributed by atoms with Crippen LogP contribution < -0.4 is 5.56 Å². The van der Waals surface area contributed by atoms with Crippen molar-refractivity contribution in [2.45, 2.75) is 38.5 Å². The third-order valence-electron chi connectivity index (χ3n) is 4.30. The van der Waals surface area contributed by atoms with Crippen LogP contribution in [0.15, 0.2) is 27.7 Å². The molecule has 0 saturated heterocycles. The molecular weight excluding hydrogens is 292 g/mol. The summed E-state index contributed by atoms with van der Waals surface area (Å²) in [4.78, 5) is 17.4. The van der Waals surface area contributed by atoms with Crippen molar-refractivity contribution in [1.29, 1.82) is 5.26 Å². The standard InChI is InChI=1S/C17H16N4O2/c1-9(2)14-15(13-5-11(8-23-13)10-3-4-10)20-16-12(6-18)7-19-21(16)17(14)22/h5,7-10,19H,3-4H2,1-2H3. The molecule has 116 valence electrons. The van der Waals surface area contributed by atoms with Gasteiger partial charge in [0.25, 0.3) is 5.56 Å². The first-order valence-corrected chi connectivity index (χ1v) is 7.73. The van der Waals surface area contributed by atoms with E-state index in [1.54, 1.807) is 6.26 Å². The van der Waals surface area contributed by atoms with Crippen LogP contribution in [-0.4, -0.2) is 14.6 Å². The molecular formula is C17H16N4O2. The van der Waals surface area contributed by atoms with Crippen LogP contribution in [0.4, 0.5) is 0 Å². The molecule has 0 aliphatic heterocycles. The summed E-state index contributed by atoms with van der Waals surface area (Å²) < 4.78 is 7.01. The summed E-state index contributed by atoms with van der Waals surface area (Å²) in [7, 11) is 0. The number of nitrogens with zero attached hydrogens (tertiary/aromatic N) is 3. The largest absolute Gasteiger partial charge is 0.462 e. The Bertz CT molecular complexity index is 996. The number of nitrogens with one attached hydrogen (secondary N) is 1. The Labute approximate surface area is 132 Å². The summed E-state index contributed by atoms with van der Waals surface area (Å²) in [6.07, 6.45) is 5.61. The molecule has 1 N–H and O–H groups in total. The van der Waals surface area contributed by atoms with E-state index in [9.17, 15) is 10.1 Å². The van der Waals surface area contributed by atoms with Gasteiger partial charge in [-0.05, 0) is 36.3 Å². The van der Waals surface area contributed by atoms with Gasteiger partial charge in [0.1, 0.15) is 17.3 Å². The van der Waals surface area contributed by atoms with Gasteiger partial charge in [0.05, 0.1) is 11.8 Å². The summed E-state index contributed by atoms with van der Waals surface area (Å²) in [5.74, 6) is 1.16. The molecule has 0 spiro atoms. The Morgan fingerprint density at radius 3 is 2.91 bits per heavy atom. The molecule has 3 heterocycles. The van der Waals surface area contributed by atoms with Gasteiger partial charge in [0.2, 0.25) is 0 Å². The monoisotopic (exact) mass is 308 g/mol. The predicted molar refractivity (Wildman–Crippen MR) is 84.3 cm³/mol. The fraction of sp³-hybridized carbons (Fsp3) is 0.353. The maximum Gasteiger partial charge on any atom is 0.276 e. The van der Waals surface area contributed by atoms with Gasteiger partial charge in [-0.25, -0.2) is 9.50 Å². The summed E-state index contributed by atoms with van der Waals surface area (Å²) in [5, 5.41) is 12.0. The predicted octanol–water partition coefficient (Wildman–Crippen LogP) is 3.16. The first-order chi connectivity index (χ1) is 11.1. The Hall–Kier alpha value is -2.81. The molecule has 6 heteroatoms. The van der Waals surface area contributed by atoms with Crippen LogP contribution in [0, 0.1) is 11.3 Å². The minimum Gasteiger partial charge on any atom is -0.462 e. The van der Waals surface area contributed by atoms with E-state index in [-0.39, 0.29) is 11.5 Å². The van der Waals surface area contributed by atoms with Crippen molar-refractivity contribution in [3.8, 4) is 17.5 Å². The number of H-pyrrole nitrogens is 1. The molecule has 0 aromatic carbocycles. The zero-order valence-electron chi connectivity index (χ0n) is 13.0. The zero-order chi connectivity index (χ0) is 16.1. The molecule has 0 unspecified atom stereocenters. The SMILES string of the molecule is CC(C)c1c(-c2cc(C3CC3)co2)nc2c(C#N)c[nH]n2c1=O. The minimum absolute atomic E-state index is 0.00906. The fourth-order valence-electron chi connectivity index (χ4n) is 2.92. The van der Waals surface area contributed by atoms with E-state index in [1.807, 2.05) is 19.9 Å². The molecule has 0 bridgehead atoms. The summed E-state index contributed by atoms with van der Waals surface area (Å²) in [6, 6.07) is 4.03. The van der Waals surface area contributed by atoms with Crippen LogP contribution in [0.1, 0.15) is 55.2 Å². The number of aromatic amines is 1. The van der Waals surface area contributed by atoms with Crippen LogP contribution in [0.2, 0.25) is 0 Å². The summed E-state index contributed by atoms with van der Waals surface area (Å²) in [6.45, 7) is 3.90. The third kappa shape index (κ3) is 2.08. The lowest BCUT2D eigenvalue weighted by Gasteiger charge is -2.09. The van der Waals surface area contributed by atoms with E-state index in [4.69, 9.17) is 4.42 Å². The first-order valence-electron chi connectivity index (χ1n) is 7.73. The van der Waals surface area contributed by atoms with Crippen LogP contribution in [0.25, 0.3) is 17.1 Å². The Morgan fingerprint density at radius 2 is 2.26 bits per heavy atom. The lowest BCUT2D eigenvalue weighted by molar-refractivity contribution is 0.574. The van der Waals surface area contributed by atoms with E-state index in [1.165, 1.54) is 23.6 Å². The van der Waals surface area contributed by atoms with Crippen molar-refractivity contribution in [2.24, 2.45) is 0 Å². The lowest BCUT2D eigenvalue weighted by Crippen LogP contribution is -2.22. The Kier molecular flexibility index (Phi) is 2.91. The number of furan rings is 1. The van der Waals surface area contributed by atoms with E-state index in [0.29, 0.717) is 34.1 Å². The average Bonchev–Trinajstić information content (AvgIpc) is 3.11. The molecule has 6 nitrogen and oxygen atoms in total. The smallest absolute Gasteiger partial charge is 0.276 e. The number of fused-ring (bicyclic) bond motifs is 1. The second-order valence-electron chi connectivity index (χ2n) is 6.31. The van der Waals surface area contributed by atoms with Crippen LogP contribution in [-0.2, 0) is 0 Å². The van der Waals surface area contributed by atoms with Gasteiger partial charge in [-0.1, -0.05) is 13.8 Å². The Morgan fingerprint density at radius 1 is 1.48 bits per heavy atom. The van der Waals surface area contributed by atoms with Crippen molar-refractivity contribution in [1.82, 2.24) is 14.6 Å². The van der Waals surface area contributed by atoms with E-state index in [0.717, 1.165) is 5.56 Å². The molecule has 23 heavy (non-hydrogen) atoms. The summed E-state index contributed by atoms with van der Waals surface area (Å²) in [5.41, 5.74) is 2.77. The molecule has 0 amide bonds. The van der Waals surface area contributed by atoms with Gasteiger partial charge in [0.15, 0.2) is 11.4 Å². The van der Waals surface area contributed by atoms with Crippen molar-refractivity contribution >= 4 is 5.65 Å². The second kappa shape index (κ2) is 4.85. The topological polar surface area (TPSA) is 87.1 Å². The highest BCUT2D eigenvalue weighted by atomic mass is 16.3. The molecule has 1 aliphatic carbocycles. The molecule has 4 rings (SSSR count). The van der Waals surface area contributed by atoms with E-state index >= 15 is 0 Å². The number of hydrogen-bond donors (Lipinski definition) is 1. The fourth-order valence-corrected chi connectivity index (χ4v) is 2.92. The van der Waals surface area contributed by atoms with Gasteiger partial charge in [0, 0.05) is 6.20 Å². The van der Waals surface area contributed by atoms with Crippen LogP contribution in [0.3, 0.4) is 0 Å². The Balaban J connectivity index is 2.00. The molecule has 3 aromatic heterocycles. The highest BCUT2D eigenvalue weighted by Gasteiger charge is 2.27. The molecule has 3 aromatic rings.